The van der Waals surface area contributed by atoms with Crippen LogP contribution in [0.2, 0.25) is 0 Å². The van der Waals surface area contributed by atoms with Crippen molar-refractivity contribution in [1.29, 1.82) is 0 Å². The van der Waals surface area contributed by atoms with E-state index in [1.807, 2.05) is 0 Å². The van der Waals surface area contributed by atoms with Crippen LogP contribution < -0.4 is 5.32 Å². The largest absolute Gasteiger partial charge is 0.478 e. The molecule has 6 heteroatoms. The lowest BCUT2D eigenvalue weighted by Crippen LogP contribution is -2.34. The molecule has 1 fully saturated rings. The van der Waals surface area contributed by atoms with Crippen molar-refractivity contribution in [3.63, 3.8) is 0 Å². The number of rotatable bonds is 3. The quantitative estimate of drug-likeness (QED) is 0.878. The molecule has 0 spiro atoms. The molecule has 1 aromatic rings. The molecule has 0 aromatic heterocycles. The number of halogens is 3. The number of carboxylic acids is 1. The molecule has 116 valence electrons. The molecule has 0 saturated heterocycles. The highest BCUT2D eigenvalue weighted by atomic mass is 19.4. The molecule has 2 N–H and O–H groups in total. The molecule has 1 aliphatic rings. The molecule has 1 aromatic carbocycles. The van der Waals surface area contributed by atoms with E-state index in [-0.39, 0.29) is 24.4 Å². The summed E-state index contributed by atoms with van der Waals surface area (Å²) in [7, 11) is 0. The van der Waals surface area contributed by atoms with Crippen molar-refractivity contribution in [3.8, 4) is 0 Å². The zero-order valence-corrected chi connectivity index (χ0v) is 11.7. The Kier molecular flexibility index (Phi) is 4.44. The van der Waals surface area contributed by atoms with Crippen molar-refractivity contribution in [1.82, 2.24) is 0 Å². The topological polar surface area (TPSA) is 49.3 Å². The minimum absolute atomic E-state index is 0.0730. The Morgan fingerprint density at radius 2 is 2.05 bits per heavy atom. The smallest absolute Gasteiger partial charge is 0.391 e. The molecule has 2 atom stereocenters. The summed E-state index contributed by atoms with van der Waals surface area (Å²) in [5.74, 6) is -2.26. The van der Waals surface area contributed by atoms with Crippen molar-refractivity contribution in [2.45, 2.75) is 44.8 Å². The van der Waals surface area contributed by atoms with Crippen molar-refractivity contribution in [3.05, 3.63) is 29.3 Å². The first-order chi connectivity index (χ1) is 9.77. The average Bonchev–Trinajstić information content (AvgIpc) is 2.40. The number of carboxylic acid groups (broad SMARTS) is 1. The van der Waals surface area contributed by atoms with Gasteiger partial charge in [0.2, 0.25) is 0 Å². The monoisotopic (exact) mass is 301 g/mol. The van der Waals surface area contributed by atoms with Gasteiger partial charge >= 0.3 is 12.1 Å². The minimum atomic E-state index is -4.14. The maximum atomic E-state index is 12.8. The second-order valence-electron chi connectivity index (χ2n) is 5.58. The normalized spacial score (nSPS) is 22.9. The first-order valence-corrected chi connectivity index (χ1v) is 6.94. The third kappa shape index (κ3) is 3.89. The number of carbonyl (C=O) groups is 1. The Bertz CT molecular complexity index is 528. The van der Waals surface area contributed by atoms with Crippen LogP contribution in [0.5, 0.6) is 0 Å². The van der Waals surface area contributed by atoms with Crippen LogP contribution in [0.25, 0.3) is 0 Å². The van der Waals surface area contributed by atoms with Crippen LogP contribution in [0, 0.1) is 12.8 Å². The summed E-state index contributed by atoms with van der Waals surface area (Å²) in [6, 6.07) is 4.38. The summed E-state index contributed by atoms with van der Waals surface area (Å²) in [4.78, 5) is 10.9. The molecular weight excluding hydrogens is 283 g/mol. The first-order valence-electron chi connectivity index (χ1n) is 6.94. The van der Waals surface area contributed by atoms with Crippen LogP contribution in [0.3, 0.4) is 0 Å². The lowest BCUT2D eigenvalue weighted by Gasteiger charge is -2.32. The second kappa shape index (κ2) is 5.95. The number of hydrogen-bond donors (Lipinski definition) is 2. The SMILES string of the molecule is Cc1cc(C(=O)O)ccc1NC1CCCC(C(F)(F)F)C1. The first kappa shape index (κ1) is 15.7. The lowest BCUT2D eigenvalue weighted by atomic mass is 9.85. The zero-order chi connectivity index (χ0) is 15.6. The Labute approximate surface area is 121 Å². The van der Waals surface area contributed by atoms with Crippen LogP contribution in [0.15, 0.2) is 18.2 Å². The van der Waals surface area contributed by atoms with E-state index in [4.69, 9.17) is 5.11 Å². The highest BCUT2D eigenvalue weighted by Gasteiger charge is 2.42. The number of aryl methyl sites for hydroxylation is 1. The van der Waals surface area contributed by atoms with E-state index in [9.17, 15) is 18.0 Å². The molecule has 0 radical (unpaired) electrons. The number of benzene rings is 1. The number of alkyl halides is 3. The van der Waals surface area contributed by atoms with E-state index in [1.165, 1.54) is 12.1 Å². The van der Waals surface area contributed by atoms with Crippen molar-refractivity contribution in [2.75, 3.05) is 5.32 Å². The minimum Gasteiger partial charge on any atom is -0.478 e. The predicted molar refractivity (Wildman–Crippen MR) is 73.6 cm³/mol. The van der Waals surface area contributed by atoms with Crippen LogP contribution in [0.4, 0.5) is 18.9 Å². The fraction of sp³-hybridized carbons (Fsp3) is 0.533. The second-order valence-corrected chi connectivity index (χ2v) is 5.58. The zero-order valence-electron chi connectivity index (χ0n) is 11.7. The summed E-state index contributed by atoms with van der Waals surface area (Å²) in [6.45, 7) is 1.75. The van der Waals surface area contributed by atoms with Gasteiger partial charge in [-0.15, -0.1) is 0 Å². The van der Waals surface area contributed by atoms with Gasteiger partial charge in [-0.05, 0) is 49.9 Å². The standard InChI is InChI=1S/C15H18F3NO2/c1-9-7-10(14(20)21)5-6-13(9)19-12-4-2-3-11(8-12)15(16,17)18/h5-7,11-12,19H,2-4,8H2,1H3,(H,20,21). The van der Waals surface area contributed by atoms with E-state index >= 15 is 0 Å². The number of nitrogens with one attached hydrogen (secondary N) is 1. The van der Waals surface area contributed by atoms with E-state index in [2.05, 4.69) is 5.32 Å². The number of anilines is 1. The van der Waals surface area contributed by atoms with Crippen molar-refractivity contribution in [2.24, 2.45) is 5.92 Å². The van der Waals surface area contributed by atoms with Crippen LogP contribution >= 0.6 is 0 Å². The van der Waals surface area contributed by atoms with Gasteiger partial charge in [-0.1, -0.05) is 6.42 Å². The van der Waals surface area contributed by atoms with Crippen LogP contribution in [-0.4, -0.2) is 23.3 Å². The summed E-state index contributed by atoms with van der Waals surface area (Å²) in [6.07, 6.45) is -2.62. The van der Waals surface area contributed by atoms with Gasteiger partial charge in [-0.25, -0.2) is 4.79 Å². The molecule has 1 saturated carbocycles. The van der Waals surface area contributed by atoms with Crippen LogP contribution in [-0.2, 0) is 0 Å². The Balaban J connectivity index is 2.06. The fourth-order valence-corrected chi connectivity index (χ4v) is 2.80. The van der Waals surface area contributed by atoms with E-state index in [0.717, 1.165) is 5.56 Å². The highest BCUT2D eigenvalue weighted by Crippen LogP contribution is 2.38. The molecule has 1 aliphatic carbocycles. The van der Waals surface area contributed by atoms with Gasteiger partial charge in [0.25, 0.3) is 0 Å². The highest BCUT2D eigenvalue weighted by molar-refractivity contribution is 5.88. The van der Waals surface area contributed by atoms with Crippen molar-refractivity contribution < 1.29 is 23.1 Å². The third-order valence-electron chi connectivity index (χ3n) is 3.97. The third-order valence-corrected chi connectivity index (χ3v) is 3.97. The Morgan fingerprint density at radius 1 is 1.33 bits per heavy atom. The van der Waals surface area contributed by atoms with E-state index in [1.54, 1.807) is 13.0 Å². The van der Waals surface area contributed by atoms with Gasteiger partial charge < -0.3 is 10.4 Å². The van der Waals surface area contributed by atoms with Gasteiger partial charge in [0.15, 0.2) is 0 Å². The van der Waals surface area contributed by atoms with Gasteiger partial charge in [0.1, 0.15) is 0 Å². The molecule has 2 unspecified atom stereocenters. The average molecular weight is 301 g/mol. The van der Waals surface area contributed by atoms with E-state index < -0.39 is 18.1 Å². The molecule has 3 nitrogen and oxygen atoms in total. The Morgan fingerprint density at radius 3 is 2.62 bits per heavy atom. The maximum Gasteiger partial charge on any atom is 0.391 e. The van der Waals surface area contributed by atoms with Crippen molar-refractivity contribution >= 4 is 11.7 Å². The Hall–Kier alpha value is -1.72. The summed E-state index contributed by atoms with van der Waals surface area (Å²) < 4.78 is 38.3. The molecule has 0 aliphatic heterocycles. The van der Waals surface area contributed by atoms with Gasteiger partial charge in [-0.2, -0.15) is 13.2 Å². The molecular formula is C15H18F3NO2. The summed E-state index contributed by atoms with van der Waals surface area (Å²) in [5.41, 5.74) is 1.60. The number of aromatic carboxylic acids is 1. The van der Waals surface area contributed by atoms with Crippen LogP contribution in [0.1, 0.15) is 41.6 Å². The summed E-state index contributed by atoms with van der Waals surface area (Å²) in [5, 5.41) is 12.0. The number of hydrogen-bond acceptors (Lipinski definition) is 2. The maximum absolute atomic E-state index is 12.8. The molecule has 0 heterocycles. The molecule has 21 heavy (non-hydrogen) atoms. The molecule has 0 amide bonds. The van der Waals surface area contributed by atoms with E-state index in [0.29, 0.717) is 18.5 Å². The predicted octanol–water partition coefficient (Wildman–Crippen LogP) is 4.23. The lowest BCUT2D eigenvalue weighted by molar-refractivity contribution is -0.182. The van der Waals surface area contributed by atoms with Gasteiger partial charge in [-0.3, -0.25) is 0 Å². The molecule has 2 rings (SSSR count). The van der Waals surface area contributed by atoms with Gasteiger partial charge in [0.05, 0.1) is 11.5 Å². The molecule has 0 bridgehead atoms. The summed E-state index contributed by atoms with van der Waals surface area (Å²) >= 11 is 0. The van der Waals surface area contributed by atoms with Gasteiger partial charge in [0, 0.05) is 11.7 Å². The fourth-order valence-electron chi connectivity index (χ4n) is 2.80.